The van der Waals surface area contributed by atoms with Crippen LogP contribution in [0.3, 0.4) is 0 Å². The number of aryl methyl sites for hydroxylation is 1. The predicted molar refractivity (Wildman–Crippen MR) is 62.9 cm³/mol. The van der Waals surface area contributed by atoms with Gasteiger partial charge in [-0.1, -0.05) is 29.9 Å². The molecule has 0 fully saturated rings. The van der Waals surface area contributed by atoms with Crippen LogP contribution in [0, 0.1) is 18.3 Å². The zero-order valence-electron chi connectivity index (χ0n) is 9.71. The van der Waals surface area contributed by atoms with E-state index in [0.717, 1.165) is 30.0 Å². The molecule has 0 aliphatic heterocycles. The lowest BCUT2D eigenvalue weighted by Gasteiger charge is -2.00. The van der Waals surface area contributed by atoms with E-state index < -0.39 is 0 Å². The summed E-state index contributed by atoms with van der Waals surface area (Å²) in [6.07, 6.45) is 2.84. The Morgan fingerprint density at radius 2 is 2.18 bits per heavy atom. The normalized spacial score (nSPS) is 10.4. The van der Waals surface area contributed by atoms with Gasteiger partial charge in [-0.15, -0.1) is 15.3 Å². The van der Waals surface area contributed by atoms with Gasteiger partial charge in [0.2, 0.25) is 5.13 Å². The van der Waals surface area contributed by atoms with Gasteiger partial charge >= 0.3 is 0 Å². The van der Waals surface area contributed by atoms with Crippen LogP contribution in [0.4, 0.5) is 0 Å². The van der Waals surface area contributed by atoms with Crippen molar-refractivity contribution < 1.29 is 0 Å². The molecule has 2 heterocycles. The Morgan fingerprint density at radius 1 is 1.35 bits per heavy atom. The largest absolute Gasteiger partial charge is 0.234 e. The van der Waals surface area contributed by atoms with Crippen molar-refractivity contribution in [2.75, 3.05) is 0 Å². The van der Waals surface area contributed by atoms with E-state index >= 15 is 0 Å². The van der Waals surface area contributed by atoms with E-state index in [1.807, 2.05) is 6.92 Å². The fraction of sp³-hybridized carbons (Fsp3) is 0.500. The Balaban J connectivity index is 2.40. The first kappa shape index (κ1) is 11.7. The number of rotatable bonds is 4. The maximum absolute atomic E-state index is 8.98. The van der Waals surface area contributed by atoms with Crippen LogP contribution in [0.1, 0.15) is 36.2 Å². The van der Waals surface area contributed by atoms with E-state index in [1.54, 1.807) is 4.68 Å². The zero-order chi connectivity index (χ0) is 12.3. The molecule has 0 unspecified atom stereocenters. The average Bonchev–Trinajstić information content (AvgIpc) is 2.91. The van der Waals surface area contributed by atoms with E-state index in [9.17, 15) is 0 Å². The summed E-state index contributed by atoms with van der Waals surface area (Å²) in [5.41, 5.74) is 1.21. The molecule has 0 N–H and O–H groups in total. The SMILES string of the molecule is CCCCc1c(C#N)nnn1-c1nnc(C)s1. The van der Waals surface area contributed by atoms with Gasteiger partial charge in [-0.3, -0.25) is 0 Å². The fourth-order valence-electron chi connectivity index (χ4n) is 1.48. The second-order valence-corrected chi connectivity index (χ2v) is 4.78. The second kappa shape index (κ2) is 5.01. The molecule has 0 saturated carbocycles. The van der Waals surface area contributed by atoms with Crippen LogP contribution >= 0.6 is 11.3 Å². The first-order valence-corrected chi connectivity index (χ1v) is 6.23. The Morgan fingerprint density at radius 3 is 2.76 bits per heavy atom. The number of unbranched alkanes of at least 4 members (excludes halogenated alkanes) is 1. The highest BCUT2D eigenvalue weighted by Gasteiger charge is 2.15. The van der Waals surface area contributed by atoms with Crippen LogP contribution in [-0.2, 0) is 6.42 Å². The summed E-state index contributed by atoms with van der Waals surface area (Å²) in [6.45, 7) is 3.99. The molecule has 6 nitrogen and oxygen atoms in total. The van der Waals surface area contributed by atoms with Gasteiger partial charge in [0.25, 0.3) is 0 Å². The molecule has 0 amide bonds. The zero-order valence-corrected chi connectivity index (χ0v) is 10.5. The van der Waals surface area contributed by atoms with Crippen LogP contribution in [0.25, 0.3) is 5.13 Å². The number of hydrogen-bond donors (Lipinski definition) is 0. The molecule has 0 aromatic carbocycles. The monoisotopic (exact) mass is 248 g/mol. The Bertz CT molecular complexity index is 549. The summed E-state index contributed by atoms with van der Waals surface area (Å²) in [7, 11) is 0. The van der Waals surface area contributed by atoms with Gasteiger partial charge in [0, 0.05) is 0 Å². The summed E-state index contributed by atoms with van der Waals surface area (Å²) < 4.78 is 1.62. The van der Waals surface area contributed by atoms with Crippen molar-refractivity contribution in [2.24, 2.45) is 0 Å². The molecule has 0 spiro atoms. The Hall–Kier alpha value is -1.81. The second-order valence-electron chi connectivity index (χ2n) is 3.62. The minimum atomic E-state index is 0.381. The molecule has 0 aliphatic rings. The van der Waals surface area contributed by atoms with Gasteiger partial charge in [0.1, 0.15) is 11.1 Å². The predicted octanol–water partition coefficient (Wildman–Crippen LogP) is 1.64. The van der Waals surface area contributed by atoms with E-state index in [2.05, 4.69) is 33.5 Å². The van der Waals surface area contributed by atoms with E-state index in [0.29, 0.717) is 10.8 Å². The van der Waals surface area contributed by atoms with Crippen molar-refractivity contribution in [3.05, 3.63) is 16.4 Å². The summed E-state index contributed by atoms with van der Waals surface area (Å²) in [5.74, 6) is 0. The van der Waals surface area contributed by atoms with Crippen molar-refractivity contribution in [3.8, 4) is 11.2 Å². The smallest absolute Gasteiger partial charge is 0.191 e. The van der Waals surface area contributed by atoms with Crippen LogP contribution in [0.2, 0.25) is 0 Å². The molecule has 0 bridgehead atoms. The molecule has 2 rings (SSSR count). The van der Waals surface area contributed by atoms with E-state index in [4.69, 9.17) is 5.26 Å². The average molecular weight is 248 g/mol. The lowest BCUT2D eigenvalue weighted by atomic mass is 10.2. The molecule has 2 aromatic heterocycles. The number of nitriles is 1. The Labute approximate surface area is 103 Å². The summed E-state index contributed by atoms with van der Waals surface area (Å²) in [6, 6.07) is 2.06. The molecule has 2 aromatic rings. The van der Waals surface area contributed by atoms with Crippen LogP contribution in [-0.4, -0.2) is 25.2 Å². The van der Waals surface area contributed by atoms with Crippen molar-refractivity contribution in [2.45, 2.75) is 33.1 Å². The van der Waals surface area contributed by atoms with Gasteiger partial charge in [-0.25, -0.2) is 0 Å². The molecule has 7 heteroatoms. The number of hydrogen-bond acceptors (Lipinski definition) is 6. The molecule has 0 radical (unpaired) electrons. The van der Waals surface area contributed by atoms with Gasteiger partial charge in [0.05, 0.1) is 5.69 Å². The van der Waals surface area contributed by atoms with E-state index in [1.165, 1.54) is 11.3 Å². The third-order valence-electron chi connectivity index (χ3n) is 2.33. The molecule has 0 saturated heterocycles. The minimum Gasteiger partial charge on any atom is -0.191 e. The van der Waals surface area contributed by atoms with Gasteiger partial charge in [0.15, 0.2) is 5.69 Å². The van der Waals surface area contributed by atoms with Crippen LogP contribution in [0.15, 0.2) is 0 Å². The molecule has 88 valence electrons. The topological polar surface area (TPSA) is 80.3 Å². The first-order valence-electron chi connectivity index (χ1n) is 5.41. The molecular formula is C10H12N6S. The van der Waals surface area contributed by atoms with Gasteiger partial charge < -0.3 is 0 Å². The maximum Gasteiger partial charge on any atom is 0.234 e. The molecular weight excluding hydrogens is 236 g/mol. The first-order chi connectivity index (χ1) is 8.26. The summed E-state index contributed by atoms with van der Waals surface area (Å²) >= 11 is 1.44. The Kier molecular flexibility index (Phi) is 3.44. The van der Waals surface area contributed by atoms with Crippen molar-refractivity contribution in [1.82, 2.24) is 25.2 Å². The van der Waals surface area contributed by atoms with Crippen molar-refractivity contribution in [3.63, 3.8) is 0 Å². The highest BCUT2D eigenvalue weighted by atomic mass is 32.1. The highest BCUT2D eigenvalue weighted by Crippen LogP contribution is 2.18. The molecule has 17 heavy (non-hydrogen) atoms. The summed E-state index contributed by atoms with van der Waals surface area (Å²) in [5, 5.41) is 26.3. The molecule has 0 atom stereocenters. The standard InChI is InChI=1S/C10H12N6S/c1-3-4-5-9-8(6-11)13-15-16(9)10-14-12-7(2)17-10/h3-5H2,1-2H3. The quantitative estimate of drug-likeness (QED) is 0.821. The lowest BCUT2D eigenvalue weighted by Crippen LogP contribution is -2.03. The number of nitrogens with zero attached hydrogens (tertiary/aromatic N) is 6. The summed E-state index contributed by atoms with van der Waals surface area (Å²) in [4.78, 5) is 0. The van der Waals surface area contributed by atoms with Crippen LogP contribution < -0.4 is 0 Å². The highest BCUT2D eigenvalue weighted by molar-refractivity contribution is 7.13. The van der Waals surface area contributed by atoms with Crippen molar-refractivity contribution >= 4 is 11.3 Å². The third-order valence-corrected chi connectivity index (χ3v) is 3.15. The van der Waals surface area contributed by atoms with Crippen LogP contribution in [0.5, 0.6) is 0 Å². The third kappa shape index (κ3) is 2.31. The van der Waals surface area contributed by atoms with Gasteiger partial charge in [-0.2, -0.15) is 9.94 Å². The van der Waals surface area contributed by atoms with E-state index in [-0.39, 0.29) is 0 Å². The number of aromatic nitrogens is 5. The lowest BCUT2D eigenvalue weighted by molar-refractivity contribution is 0.707. The minimum absolute atomic E-state index is 0.381. The maximum atomic E-state index is 8.98. The molecule has 0 aliphatic carbocycles. The van der Waals surface area contributed by atoms with Crippen molar-refractivity contribution in [1.29, 1.82) is 5.26 Å². The fourth-order valence-corrected chi connectivity index (χ4v) is 2.14. The van der Waals surface area contributed by atoms with Gasteiger partial charge in [-0.05, 0) is 19.8 Å².